The highest BCUT2D eigenvalue weighted by Crippen LogP contribution is 2.77. The van der Waals surface area contributed by atoms with E-state index in [1.165, 1.54) is 12.5 Å². The first-order valence-electron chi connectivity index (χ1n) is 13.6. The number of rotatable bonds is 4. The van der Waals surface area contributed by atoms with Crippen LogP contribution < -0.4 is 0 Å². The lowest BCUT2D eigenvalue weighted by atomic mass is 9.43. The predicted molar refractivity (Wildman–Crippen MR) is 136 cm³/mol. The Hall–Kier alpha value is -2.96. The lowest BCUT2D eigenvalue weighted by Crippen LogP contribution is -2.58. The highest BCUT2D eigenvalue weighted by atomic mass is 16.6. The van der Waals surface area contributed by atoms with Crippen LogP contribution in [0.25, 0.3) is 0 Å². The number of carbonyl (C=O) groups is 2. The number of hydrogen-bond donors (Lipinski definition) is 0. The second-order valence-corrected chi connectivity index (χ2v) is 12.4. The molecule has 0 heterocycles. The standard InChI is InChI=1S/C30H35NO6/c1-19(32)37-30-16-15-29(18-25(30)31(34)35)24-10-9-21-17-22(36-26(33)20-7-5-4-6-8-20)11-13-27(21,2)23(24)12-14-28(29,30)3/h4-9,15-16,22-25H,10-14,17-18H2,1-3H3/t22-,23-,24+,25+,27-,28-,29-,30-/m0/s1. The van der Waals surface area contributed by atoms with E-state index < -0.39 is 23.0 Å². The third-order valence-electron chi connectivity index (χ3n) is 11.1. The topological polar surface area (TPSA) is 95.7 Å². The number of fused-ring (bicyclic) bond motifs is 3. The van der Waals surface area contributed by atoms with Crippen molar-refractivity contribution in [2.75, 3.05) is 0 Å². The van der Waals surface area contributed by atoms with Gasteiger partial charge in [-0.3, -0.25) is 14.9 Å². The Kier molecular flexibility index (Phi) is 5.28. The number of nitro groups is 1. The molecule has 3 fully saturated rings. The smallest absolute Gasteiger partial charge is 0.338 e. The first kappa shape index (κ1) is 24.4. The molecule has 0 saturated heterocycles. The molecule has 0 radical (unpaired) electrons. The zero-order valence-electron chi connectivity index (χ0n) is 21.8. The highest BCUT2D eigenvalue weighted by molar-refractivity contribution is 5.89. The molecule has 5 aliphatic rings. The van der Waals surface area contributed by atoms with Crippen LogP contribution in [-0.4, -0.2) is 34.6 Å². The quantitative estimate of drug-likeness (QED) is 0.226. The van der Waals surface area contributed by atoms with Crippen molar-refractivity contribution in [2.24, 2.45) is 28.1 Å². The van der Waals surface area contributed by atoms with E-state index in [9.17, 15) is 19.7 Å². The SMILES string of the molecule is CC(=O)O[C@@]12C=C[C@]3(C[C@H]1[N+](=O)[O-])[C@@H]1CC=C4C[C@@H](OC(=O)c5ccccc5)CC[C@]4(C)[C@H]1CC[C@@]32C. The predicted octanol–water partition coefficient (Wildman–Crippen LogP) is 5.67. The molecule has 3 saturated carbocycles. The van der Waals surface area contributed by atoms with Crippen molar-refractivity contribution in [1.82, 2.24) is 0 Å². The average Bonchev–Trinajstić information content (AvgIpc) is 3.24. The van der Waals surface area contributed by atoms with E-state index in [4.69, 9.17) is 9.47 Å². The van der Waals surface area contributed by atoms with Crippen molar-refractivity contribution < 1.29 is 24.0 Å². The van der Waals surface area contributed by atoms with Gasteiger partial charge in [0.1, 0.15) is 6.10 Å². The molecule has 2 bridgehead atoms. The largest absolute Gasteiger partial charge is 0.458 e. The maximum atomic E-state index is 12.7. The Morgan fingerprint density at radius 1 is 1.05 bits per heavy atom. The zero-order valence-corrected chi connectivity index (χ0v) is 21.8. The Balaban J connectivity index is 1.29. The van der Waals surface area contributed by atoms with Gasteiger partial charge in [-0.25, -0.2) is 4.79 Å². The van der Waals surface area contributed by atoms with E-state index in [1.54, 1.807) is 12.1 Å². The molecule has 5 aliphatic carbocycles. The van der Waals surface area contributed by atoms with E-state index >= 15 is 0 Å². The summed E-state index contributed by atoms with van der Waals surface area (Å²) in [7, 11) is 0. The minimum absolute atomic E-state index is 0.0259. The molecule has 0 unspecified atom stereocenters. The third kappa shape index (κ3) is 3.12. The summed E-state index contributed by atoms with van der Waals surface area (Å²) in [5, 5.41) is 12.3. The molecule has 0 aromatic heterocycles. The third-order valence-corrected chi connectivity index (χ3v) is 11.1. The van der Waals surface area contributed by atoms with Gasteiger partial charge in [0.2, 0.25) is 5.60 Å². The Morgan fingerprint density at radius 3 is 2.51 bits per heavy atom. The number of allylic oxidation sites excluding steroid dienone is 2. The summed E-state index contributed by atoms with van der Waals surface area (Å²) in [5.41, 5.74) is -0.129. The number of hydrogen-bond acceptors (Lipinski definition) is 6. The van der Waals surface area contributed by atoms with Crippen LogP contribution in [0.1, 0.15) is 76.1 Å². The molecule has 6 rings (SSSR count). The summed E-state index contributed by atoms with van der Waals surface area (Å²) in [6, 6.07) is 8.21. The molecule has 196 valence electrons. The fraction of sp³-hybridized carbons (Fsp3) is 0.600. The zero-order chi connectivity index (χ0) is 26.2. The molecule has 7 heteroatoms. The fourth-order valence-electron chi connectivity index (χ4n) is 9.29. The van der Waals surface area contributed by atoms with E-state index in [0.717, 1.165) is 38.5 Å². The van der Waals surface area contributed by atoms with Gasteiger partial charge in [-0.1, -0.05) is 49.8 Å². The van der Waals surface area contributed by atoms with Gasteiger partial charge in [0.25, 0.3) is 6.04 Å². The number of carbonyl (C=O) groups excluding carboxylic acids is 2. The van der Waals surface area contributed by atoms with Crippen molar-refractivity contribution in [3.63, 3.8) is 0 Å². The van der Waals surface area contributed by atoms with Crippen LogP contribution in [0.2, 0.25) is 0 Å². The monoisotopic (exact) mass is 505 g/mol. The van der Waals surface area contributed by atoms with Crippen molar-refractivity contribution >= 4 is 11.9 Å². The maximum absolute atomic E-state index is 12.7. The molecule has 1 aromatic rings. The molecular formula is C30H35NO6. The Labute approximate surface area is 217 Å². The summed E-state index contributed by atoms with van der Waals surface area (Å²) in [6.45, 7) is 5.83. The van der Waals surface area contributed by atoms with E-state index in [-0.39, 0.29) is 33.7 Å². The first-order valence-corrected chi connectivity index (χ1v) is 13.6. The van der Waals surface area contributed by atoms with Gasteiger partial charge in [-0.05, 0) is 67.6 Å². The molecule has 8 atom stereocenters. The van der Waals surface area contributed by atoms with Gasteiger partial charge < -0.3 is 9.47 Å². The number of ether oxygens (including phenoxy) is 2. The fourth-order valence-corrected chi connectivity index (χ4v) is 9.29. The second-order valence-electron chi connectivity index (χ2n) is 12.4. The minimum Gasteiger partial charge on any atom is -0.458 e. The number of nitrogens with zero attached hydrogens (tertiary/aromatic N) is 1. The van der Waals surface area contributed by atoms with Crippen molar-refractivity contribution in [3.05, 3.63) is 69.8 Å². The summed E-state index contributed by atoms with van der Waals surface area (Å²) in [5.74, 6) is -0.0964. The van der Waals surface area contributed by atoms with Gasteiger partial charge in [-0.2, -0.15) is 0 Å². The van der Waals surface area contributed by atoms with E-state index in [2.05, 4.69) is 26.0 Å². The van der Waals surface area contributed by atoms with Gasteiger partial charge in [0.15, 0.2) is 0 Å². The summed E-state index contributed by atoms with van der Waals surface area (Å²) < 4.78 is 11.8. The molecule has 1 aromatic carbocycles. The minimum atomic E-state index is -1.18. The summed E-state index contributed by atoms with van der Waals surface area (Å²) in [4.78, 5) is 36.9. The van der Waals surface area contributed by atoms with Crippen LogP contribution in [0.15, 0.2) is 54.1 Å². The second kappa shape index (κ2) is 8.02. The van der Waals surface area contributed by atoms with Crippen LogP contribution in [0.4, 0.5) is 0 Å². The molecule has 0 aliphatic heterocycles. The van der Waals surface area contributed by atoms with Crippen molar-refractivity contribution in [1.29, 1.82) is 0 Å². The lowest BCUT2D eigenvalue weighted by molar-refractivity contribution is -0.540. The lowest BCUT2D eigenvalue weighted by Gasteiger charge is -2.61. The average molecular weight is 506 g/mol. The molecule has 7 nitrogen and oxygen atoms in total. The Bertz CT molecular complexity index is 1220. The highest BCUT2D eigenvalue weighted by Gasteiger charge is 2.81. The first-order chi connectivity index (χ1) is 17.6. The maximum Gasteiger partial charge on any atom is 0.338 e. The summed E-state index contributed by atoms with van der Waals surface area (Å²) >= 11 is 0. The van der Waals surface area contributed by atoms with E-state index in [0.29, 0.717) is 17.9 Å². The molecule has 0 spiro atoms. The molecule has 37 heavy (non-hydrogen) atoms. The van der Waals surface area contributed by atoms with Gasteiger partial charge in [0, 0.05) is 35.5 Å². The van der Waals surface area contributed by atoms with Crippen LogP contribution in [0.5, 0.6) is 0 Å². The molecular weight excluding hydrogens is 470 g/mol. The summed E-state index contributed by atoms with van der Waals surface area (Å²) in [6.07, 6.45) is 11.7. The molecule has 0 N–H and O–H groups in total. The molecule has 0 amide bonds. The van der Waals surface area contributed by atoms with Crippen LogP contribution in [0.3, 0.4) is 0 Å². The van der Waals surface area contributed by atoms with E-state index in [1.807, 2.05) is 24.3 Å². The van der Waals surface area contributed by atoms with Crippen LogP contribution in [0, 0.1) is 38.2 Å². The number of esters is 2. The number of benzene rings is 1. The normalized spacial score (nSPS) is 43.2. The van der Waals surface area contributed by atoms with Gasteiger partial charge in [0.05, 0.1) is 5.56 Å². The Morgan fingerprint density at radius 2 is 1.81 bits per heavy atom. The van der Waals surface area contributed by atoms with Crippen molar-refractivity contribution in [2.45, 2.75) is 83.5 Å². The van der Waals surface area contributed by atoms with Crippen LogP contribution >= 0.6 is 0 Å². The van der Waals surface area contributed by atoms with Gasteiger partial charge in [-0.15, -0.1) is 0 Å². The van der Waals surface area contributed by atoms with Gasteiger partial charge >= 0.3 is 11.9 Å². The van der Waals surface area contributed by atoms with Crippen molar-refractivity contribution in [3.8, 4) is 0 Å². The van der Waals surface area contributed by atoms with Crippen LogP contribution in [-0.2, 0) is 14.3 Å².